The summed E-state index contributed by atoms with van der Waals surface area (Å²) in [6, 6.07) is 6.84. The van der Waals surface area contributed by atoms with Crippen LogP contribution in [0.4, 0.5) is 10.8 Å². The Balaban J connectivity index is 1.79. The van der Waals surface area contributed by atoms with Crippen LogP contribution in [0.25, 0.3) is 0 Å². The summed E-state index contributed by atoms with van der Waals surface area (Å²) in [5.41, 5.74) is 0.664. The summed E-state index contributed by atoms with van der Waals surface area (Å²) in [7, 11) is -3.72. The second-order valence-electron chi connectivity index (χ2n) is 4.71. The number of sulfonamides is 1. The van der Waals surface area contributed by atoms with Gasteiger partial charge in [0.25, 0.3) is 0 Å². The average Bonchev–Trinajstić information content (AvgIpc) is 3.01. The van der Waals surface area contributed by atoms with E-state index in [-0.39, 0.29) is 4.90 Å². The molecule has 0 saturated carbocycles. The Hall–Kier alpha value is -1.71. The zero-order chi connectivity index (χ0) is 14.9. The summed E-state index contributed by atoms with van der Waals surface area (Å²) in [6.07, 6.45) is 1.54. The summed E-state index contributed by atoms with van der Waals surface area (Å²) >= 11 is 1.36. The van der Waals surface area contributed by atoms with Gasteiger partial charge >= 0.3 is 0 Å². The molecule has 1 aliphatic heterocycles. The van der Waals surface area contributed by atoms with Crippen LogP contribution in [-0.2, 0) is 10.0 Å². The molecule has 7 nitrogen and oxygen atoms in total. The third-order valence-corrected chi connectivity index (χ3v) is 5.10. The molecule has 2 heterocycles. The number of anilines is 2. The summed E-state index contributed by atoms with van der Waals surface area (Å²) in [6.45, 7) is 2.97. The molecule has 2 N–H and O–H groups in total. The Labute approximate surface area is 127 Å². The number of piperazine rings is 1. The van der Waals surface area contributed by atoms with Crippen LogP contribution in [0.2, 0.25) is 0 Å². The van der Waals surface area contributed by atoms with E-state index in [1.807, 2.05) is 11.0 Å². The first kappa shape index (κ1) is 14.2. The van der Waals surface area contributed by atoms with Crippen molar-refractivity contribution in [2.24, 2.45) is 5.14 Å². The quantitative estimate of drug-likeness (QED) is 0.884. The van der Waals surface area contributed by atoms with Crippen LogP contribution in [0.3, 0.4) is 0 Å². The maximum Gasteiger partial charge on any atom is 0.240 e. The zero-order valence-electron chi connectivity index (χ0n) is 11.2. The van der Waals surface area contributed by atoms with Crippen LogP contribution >= 0.6 is 11.5 Å². The fourth-order valence-electron chi connectivity index (χ4n) is 2.40. The second kappa shape index (κ2) is 5.58. The lowest BCUT2D eigenvalue weighted by Gasteiger charge is -2.36. The number of primary sulfonamides is 1. The van der Waals surface area contributed by atoms with Crippen molar-refractivity contribution in [3.63, 3.8) is 0 Å². The Morgan fingerprint density at radius 1 is 1.10 bits per heavy atom. The van der Waals surface area contributed by atoms with Gasteiger partial charge in [0, 0.05) is 37.7 Å². The van der Waals surface area contributed by atoms with Crippen LogP contribution in [0.5, 0.6) is 0 Å². The highest BCUT2D eigenvalue weighted by Crippen LogP contribution is 2.26. The largest absolute Gasteiger partial charge is 0.367 e. The molecule has 1 fully saturated rings. The fraction of sp³-hybridized carbons (Fsp3) is 0.333. The van der Waals surface area contributed by atoms with Gasteiger partial charge in [-0.15, -0.1) is 0 Å². The molecule has 0 amide bonds. The lowest BCUT2D eigenvalue weighted by atomic mass is 10.2. The van der Waals surface area contributed by atoms with Crippen LogP contribution in [0, 0.1) is 0 Å². The smallest absolute Gasteiger partial charge is 0.240 e. The average molecular weight is 325 g/mol. The number of nitrogens with two attached hydrogens (primary N) is 1. The van der Waals surface area contributed by atoms with Gasteiger partial charge in [0.1, 0.15) is 11.2 Å². The van der Waals surface area contributed by atoms with Crippen molar-refractivity contribution in [1.29, 1.82) is 0 Å². The van der Waals surface area contributed by atoms with E-state index >= 15 is 0 Å². The van der Waals surface area contributed by atoms with Gasteiger partial charge in [0.2, 0.25) is 15.2 Å². The number of hydrogen-bond acceptors (Lipinski definition) is 7. The number of benzene rings is 1. The Morgan fingerprint density at radius 3 is 2.38 bits per heavy atom. The lowest BCUT2D eigenvalue weighted by Crippen LogP contribution is -2.47. The number of hydrogen-bond donors (Lipinski definition) is 1. The molecule has 1 saturated heterocycles. The highest BCUT2D eigenvalue weighted by Gasteiger charge is 2.23. The summed E-state index contributed by atoms with van der Waals surface area (Å²) in [5.74, 6) is 0. The van der Waals surface area contributed by atoms with E-state index in [2.05, 4.69) is 14.3 Å². The van der Waals surface area contributed by atoms with E-state index < -0.39 is 10.0 Å². The standard InChI is InChI=1S/C12H15N5O2S2/c13-21(18,19)11-4-2-1-3-10(11)16-5-7-17(8-6-16)12-14-9-15-20-12/h1-4,9H,5-8H2,(H2,13,18,19). The molecular weight excluding hydrogens is 310 g/mol. The molecule has 1 aromatic carbocycles. The lowest BCUT2D eigenvalue weighted by molar-refractivity contribution is 0.595. The van der Waals surface area contributed by atoms with E-state index in [1.165, 1.54) is 11.5 Å². The molecule has 1 aromatic heterocycles. The van der Waals surface area contributed by atoms with Crippen LogP contribution in [-0.4, -0.2) is 44.0 Å². The number of rotatable bonds is 3. The van der Waals surface area contributed by atoms with Gasteiger partial charge in [0.05, 0.1) is 5.69 Å². The van der Waals surface area contributed by atoms with Crippen LogP contribution in [0.15, 0.2) is 35.5 Å². The Morgan fingerprint density at radius 2 is 1.76 bits per heavy atom. The predicted octanol–water partition coefficient (Wildman–Crippen LogP) is 0.512. The van der Waals surface area contributed by atoms with Crippen molar-refractivity contribution in [3.8, 4) is 0 Å². The maximum atomic E-state index is 11.7. The van der Waals surface area contributed by atoms with Gasteiger partial charge in [-0.05, 0) is 12.1 Å². The van der Waals surface area contributed by atoms with E-state index in [4.69, 9.17) is 5.14 Å². The summed E-state index contributed by atoms with van der Waals surface area (Å²) in [4.78, 5) is 8.55. The van der Waals surface area contributed by atoms with Crippen molar-refractivity contribution in [1.82, 2.24) is 9.36 Å². The minimum absolute atomic E-state index is 0.175. The van der Waals surface area contributed by atoms with Crippen LogP contribution < -0.4 is 14.9 Å². The van der Waals surface area contributed by atoms with Crippen molar-refractivity contribution in [2.75, 3.05) is 36.0 Å². The van der Waals surface area contributed by atoms with E-state index in [0.29, 0.717) is 18.8 Å². The van der Waals surface area contributed by atoms with Gasteiger partial charge < -0.3 is 9.80 Å². The third kappa shape index (κ3) is 2.99. The molecule has 0 atom stereocenters. The van der Waals surface area contributed by atoms with E-state index in [9.17, 15) is 8.42 Å². The minimum Gasteiger partial charge on any atom is -0.367 e. The number of para-hydroxylation sites is 1. The second-order valence-corrected chi connectivity index (χ2v) is 7.00. The molecule has 112 valence electrons. The Bertz CT molecular complexity index is 709. The molecule has 0 unspecified atom stereocenters. The molecule has 9 heteroatoms. The molecule has 1 aliphatic rings. The highest BCUT2D eigenvalue weighted by molar-refractivity contribution is 7.89. The zero-order valence-corrected chi connectivity index (χ0v) is 12.8. The van der Waals surface area contributed by atoms with Gasteiger partial charge in [-0.25, -0.2) is 18.5 Å². The monoisotopic (exact) mass is 325 g/mol. The Kier molecular flexibility index (Phi) is 3.79. The molecule has 0 radical (unpaired) electrons. The van der Waals surface area contributed by atoms with Crippen LogP contribution in [0.1, 0.15) is 0 Å². The summed E-state index contributed by atoms with van der Waals surface area (Å²) in [5, 5.41) is 6.18. The first-order chi connectivity index (χ1) is 10.1. The van der Waals surface area contributed by atoms with E-state index in [1.54, 1.807) is 24.5 Å². The van der Waals surface area contributed by atoms with Gasteiger partial charge in [0.15, 0.2) is 0 Å². The molecule has 0 spiro atoms. The molecule has 0 aliphatic carbocycles. The number of nitrogens with zero attached hydrogens (tertiary/aromatic N) is 4. The topological polar surface area (TPSA) is 92.4 Å². The molecular formula is C12H15N5O2S2. The minimum atomic E-state index is -3.72. The van der Waals surface area contributed by atoms with Crippen molar-refractivity contribution in [2.45, 2.75) is 4.90 Å². The van der Waals surface area contributed by atoms with Gasteiger partial charge in [-0.1, -0.05) is 12.1 Å². The fourth-order valence-corrected chi connectivity index (χ4v) is 3.74. The predicted molar refractivity (Wildman–Crippen MR) is 82.2 cm³/mol. The van der Waals surface area contributed by atoms with Crippen molar-refractivity contribution >= 4 is 32.4 Å². The first-order valence-electron chi connectivity index (χ1n) is 6.44. The normalized spacial score (nSPS) is 16.2. The molecule has 2 aromatic rings. The first-order valence-corrected chi connectivity index (χ1v) is 8.76. The molecule has 21 heavy (non-hydrogen) atoms. The maximum absolute atomic E-state index is 11.7. The number of aromatic nitrogens is 2. The van der Waals surface area contributed by atoms with Gasteiger partial charge in [-0.3, -0.25) is 0 Å². The molecule has 0 bridgehead atoms. The van der Waals surface area contributed by atoms with Gasteiger partial charge in [-0.2, -0.15) is 4.37 Å². The summed E-state index contributed by atoms with van der Waals surface area (Å²) < 4.78 is 27.3. The van der Waals surface area contributed by atoms with E-state index in [0.717, 1.165) is 18.2 Å². The van der Waals surface area contributed by atoms with Crippen molar-refractivity contribution in [3.05, 3.63) is 30.6 Å². The third-order valence-electron chi connectivity index (χ3n) is 3.41. The van der Waals surface area contributed by atoms with Crippen molar-refractivity contribution < 1.29 is 8.42 Å². The molecule has 3 rings (SSSR count). The highest BCUT2D eigenvalue weighted by atomic mass is 32.2. The SMILES string of the molecule is NS(=O)(=O)c1ccccc1N1CCN(c2ncns2)CC1.